The van der Waals surface area contributed by atoms with Gasteiger partial charge in [0.2, 0.25) is 11.8 Å². The number of nitrogens with one attached hydrogen (secondary N) is 1. The third-order valence-electron chi connectivity index (χ3n) is 4.96. The average molecular weight is 438 g/mol. The predicted molar refractivity (Wildman–Crippen MR) is 116 cm³/mol. The normalized spacial score (nSPS) is 18.0. The Morgan fingerprint density at radius 3 is 2.71 bits per heavy atom. The Morgan fingerprint density at radius 1 is 1.19 bits per heavy atom. The highest BCUT2D eigenvalue weighted by Gasteiger charge is 2.41. The molecule has 0 bridgehead atoms. The molecule has 2 heterocycles. The topological polar surface area (TPSA) is 110 Å². The molecular formula is C22H20ClN5O3. The van der Waals surface area contributed by atoms with Crippen LogP contribution in [0.25, 0.3) is 0 Å². The first-order chi connectivity index (χ1) is 15.0. The lowest BCUT2D eigenvalue weighted by Crippen LogP contribution is -2.30. The number of urea groups is 1. The highest BCUT2D eigenvalue weighted by molar-refractivity contribution is 6.30. The molecule has 8 nitrogen and oxygen atoms in total. The summed E-state index contributed by atoms with van der Waals surface area (Å²) in [5.41, 5.74) is 6.87. The van der Waals surface area contributed by atoms with Gasteiger partial charge in [0.15, 0.2) is 0 Å². The summed E-state index contributed by atoms with van der Waals surface area (Å²) in [6.07, 6.45) is 5.19. The molecule has 0 spiro atoms. The van der Waals surface area contributed by atoms with Crippen molar-refractivity contribution in [3.8, 4) is 11.6 Å². The molecule has 0 radical (unpaired) electrons. The van der Waals surface area contributed by atoms with Crippen molar-refractivity contribution in [2.24, 2.45) is 5.73 Å². The Hall–Kier alpha value is -3.65. The van der Waals surface area contributed by atoms with Gasteiger partial charge in [0.1, 0.15) is 5.75 Å². The van der Waals surface area contributed by atoms with E-state index in [4.69, 9.17) is 22.1 Å². The fraction of sp³-hybridized carbons (Fsp3) is 0.182. The third-order valence-corrected chi connectivity index (χ3v) is 5.21. The van der Waals surface area contributed by atoms with Crippen LogP contribution in [-0.2, 0) is 4.79 Å². The van der Waals surface area contributed by atoms with E-state index in [1.807, 2.05) is 18.2 Å². The van der Waals surface area contributed by atoms with Gasteiger partial charge in [-0.1, -0.05) is 23.7 Å². The Kier molecular flexibility index (Phi) is 5.99. The van der Waals surface area contributed by atoms with Crippen molar-refractivity contribution in [2.45, 2.75) is 24.9 Å². The molecule has 3 amide bonds. The number of carbonyl (C=O) groups excluding carboxylic acids is 2. The van der Waals surface area contributed by atoms with Crippen LogP contribution in [0.15, 0.2) is 67.1 Å². The van der Waals surface area contributed by atoms with E-state index in [1.54, 1.807) is 47.6 Å². The van der Waals surface area contributed by atoms with Gasteiger partial charge in [0, 0.05) is 29.5 Å². The predicted octanol–water partition coefficient (Wildman–Crippen LogP) is 3.83. The lowest BCUT2D eigenvalue weighted by molar-refractivity contribution is -0.118. The standard InChI is InChI=1S/C22H20ClN5O3/c23-15-4-6-16(7-5-15)28-21(18(27-22(28)30)8-9-19(24)29)14-2-1-3-17(12-14)31-20-13-25-10-11-26-20/h1-7,10-13,18,21H,8-9H2,(H2,24,29)(H,27,30). The van der Waals surface area contributed by atoms with Gasteiger partial charge in [-0.15, -0.1) is 0 Å². The summed E-state index contributed by atoms with van der Waals surface area (Å²) < 4.78 is 5.81. The number of nitrogens with zero attached hydrogens (tertiary/aromatic N) is 3. The van der Waals surface area contributed by atoms with Crippen LogP contribution in [0.4, 0.5) is 10.5 Å². The minimum atomic E-state index is -0.419. The summed E-state index contributed by atoms with van der Waals surface area (Å²) in [5, 5.41) is 3.55. The minimum absolute atomic E-state index is 0.158. The number of hydrogen-bond donors (Lipinski definition) is 2. The molecule has 2 atom stereocenters. The zero-order valence-electron chi connectivity index (χ0n) is 16.4. The number of anilines is 1. The number of primary amides is 1. The zero-order chi connectivity index (χ0) is 21.8. The zero-order valence-corrected chi connectivity index (χ0v) is 17.2. The van der Waals surface area contributed by atoms with E-state index >= 15 is 0 Å². The van der Waals surface area contributed by atoms with Crippen molar-refractivity contribution in [1.29, 1.82) is 0 Å². The summed E-state index contributed by atoms with van der Waals surface area (Å²) in [7, 11) is 0. The SMILES string of the molecule is NC(=O)CCC1NC(=O)N(c2ccc(Cl)cc2)C1c1cccc(Oc2cnccn2)c1. The number of benzene rings is 2. The van der Waals surface area contributed by atoms with Crippen LogP contribution >= 0.6 is 11.6 Å². The van der Waals surface area contributed by atoms with Gasteiger partial charge in [0.05, 0.1) is 18.3 Å². The summed E-state index contributed by atoms with van der Waals surface area (Å²) in [5.74, 6) is 0.500. The molecule has 1 saturated heterocycles. The number of carbonyl (C=O) groups is 2. The van der Waals surface area contributed by atoms with Crippen LogP contribution in [0.5, 0.6) is 11.6 Å². The first kappa shape index (κ1) is 20.6. The van der Waals surface area contributed by atoms with E-state index in [1.165, 1.54) is 6.20 Å². The third kappa shape index (κ3) is 4.75. The maximum absolute atomic E-state index is 12.9. The van der Waals surface area contributed by atoms with E-state index < -0.39 is 5.91 Å². The molecule has 2 unspecified atom stereocenters. The second-order valence-electron chi connectivity index (χ2n) is 7.07. The fourth-order valence-corrected chi connectivity index (χ4v) is 3.75. The number of halogens is 1. The van der Waals surface area contributed by atoms with Crippen molar-refractivity contribution < 1.29 is 14.3 Å². The minimum Gasteiger partial charge on any atom is -0.437 e. The van der Waals surface area contributed by atoms with E-state index in [-0.39, 0.29) is 24.5 Å². The van der Waals surface area contributed by atoms with E-state index in [0.29, 0.717) is 28.8 Å². The molecule has 0 aliphatic carbocycles. The highest BCUT2D eigenvalue weighted by atomic mass is 35.5. The number of ether oxygens (including phenoxy) is 1. The molecule has 9 heteroatoms. The Bertz CT molecular complexity index is 1080. The maximum atomic E-state index is 12.9. The molecule has 2 aromatic carbocycles. The molecule has 0 saturated carbocycles. The fourth-order valence-electron chi connectivity index (χ4n) is 3.62. The number of rotatable bonds is 7. The van der Waals surface area contributed by atoms with Gasteiger partial charge < -0.3 is 15.8 Å². The van der Waals surface area contributed by atoms with Crippen LogP contribution in [-0.4, -0.2) is 27.9 Å². The van der Waals surface area contributed by atoms with Gasteiger partial charge in [-0.3, -0.25) is 14.7 Å². The summed E-state index contributed by atoms with van der Waals surface area (Å²) in [6.45, 7) is 0. The van der Waals surface area contributed by atoms with E-state index in [2.05, 4.69) is 15.3 Å². The Balaban J connectivity index is 1.69. The monoisotopic (exact) mass is 437 g/mol. The van der Waals surface area contributed by atoms with E-state index in [9.17, 15) is 9.59 Å². The van der Waals surface area contributed by atoms with Crippen LogP contribution in [0.3, 0.4) is 0 Å². The van der Waals surface area contributed by atoms with Gasteiger partial charge in [0.25, 0.3) is 0 Å². The van der Waals surface area contributed by atoms with Crippen molar-refractivity contribution in [1.82, 2.24) is 15.3 Å². The summed E-state index contributed by atoms with van der Waals surface area (Å²) in [6, 6.07) is 13.5. The van der Waals surface area contributed by atoms with Gasteiger partial charge in [-0.2, -0.15) is 0 Å². The number of hydrogen-bond acceptors (Lipinski definition) is 5. The Labute approximate surface area is 184 Å². The first-order valence-electron chi connectivity index (χ1n) is 9.68. The van der Waals surface area contributed by atoms with Crippen LogP contribution in [0, 0.1) is 0 Å². The molecule has 1 aliphatic heterocycles. The number of aromatic nitrogens is 2. The van der Waals surface area contributed by atoms with Gasteiger partial charge in [-0.05, 0) is 48.4 Å². The molecule has 4 rings (SSSR count). The van der Waals surface area contributed by atoms with Crippen molar-refractivity contribution >= 4 is 29.2 Å². The van der Waals surface area contributed by atoms with Crippen LogP contribution in [0.2, 0.25) is 5.02 Å². The molecule has 1 fully saturated rings. The quantitative estimate of drug-likeness (QED) is 0.583. The van der Waals surface area contributed by atoms with Crippen molar-refractivity contribution in [2.75, 3.05) is 4.90 Å². The van der Waals surface area contributed by atoms with Crippen molar-refractivity contribution in [3.63, 3.8) is 0 Å². The largest absolute Gasteiger partial charge is 0.437 e. The molecule has 3 aromatic rings. The molecule has 1 aromatic heterocycles. The molecule has 1 aliphatic rings. The lowest BCUT2D eigenvalue weighted by atomic mass is 9.95. The summed E-state index contributed by atoms with van der Waals surface area (Å²) >= 11 is 6.02. The van der Waals surface area contributed by atoms with Gasteiger partial charge >= 0.3 is 6.03 Å². The second kappa shape index (κ2) is 9.01. The smallest absolute Gasteiger partial charge is 0.322 e. The number of amides is 3. The second-order valence-corrected chi connectivity index (χ2v) is 7.51. The van der Waals surface area contributed by atoms with E-state index in [0.717, 1.165) is 5.56 Å². The molecular weight excluding hydrogens is 418 g/mol. The molecule has 3 N–H and O–H groups in total. The number of nitrogens with two attached hydrogens (primary N) is 1. The Morgan fingerprint density at radius 2 is 2.00 bits per heavy atom. The van der Waals surface area contributed by atoms with Crippen LogP contribution < -0.4 is 20.7 Å². The lowest BCUT2D eigenvalue weighted by Gasteiger charge is -2.27. The average Bonchev–Trinajstić information content (AvgIpc) is 3.10. The molecule has 158 valence electrons. The summed E-state index contributed by atoms with van der Waals surface area (Å²) in [4.78, 5) is 34.0. The highest BCUT2D eigenvalue weighted by Crippen LogP contribution is 2.37. The van der Waals surface area contributed by atoms with Crippen molar-refractivity contribution in [3.05, 3.63) is 77.7 Å². The van der Waals surface area contributed by atoms with Gasteiger partial charge in [-0.25, -0.2) is 9.78 Å². The maximum Gasteiger partial charge on any atom is 0.322 e. The first-order valence-corrected chi connectivity index (χ1v) is 10.1. The molecule has 31 heavy (non-hydrogen) atoms. The van der Waals surface area contributed by atoms with Crippen LogP contribution in [0.1, 0.15) is 24.4 Å².